The summed E-state index contributed by atoms with van der Waals surface area (Å²) in [7, 11) is 1.53. The summed E-state index contributed by atoms with van der Waals surface area (Å²) in [4.78, 5) is 11.8. The number of aliphatic hydroxyl groups is 1. The molecule has 2 amide bonds. The fraction of sp³-hybridized carbons (Fsp3) is 0.357. The molecule has 5 nitrogen and oxygen atoms in total. The van der Waals surface area contributed by atoms with E-state index in [-0.39, 0.29) is 24.6 Å². The number of carbonyl (C=O) groups excluding carboxylic acids is 1. The average Bonchev–Trinajstić information content (AvgIpc) is 2.86. The second-order valence-electron chi connectivity index (χ2n) is 4.62. The Morgan fingerprint density at radius 3 is 2.90 bits per heavy atom. The van der Waals surface area contributed by atoms with Crippen molar-refractivity contribution in [3.05, 3.63) is 35.4 Å². The molecule has 20 heavy (non-hydrogen) atoms. The SMILES string of the molecule is COc1ccc(NC(=O)N[C@@H]2C=C[C@H](CO)C2)cc1Cl. The Morgan fingerprint density at radius 1 is 1.50 bits per heavy atom. The van der Waals surface area contributed by atoms with E-state index in [2.05, 4.69) is 10.6 Å². The number of anilines is 1. The average molecular weight is 297 g/mol. The lowest BCUT2D eigenvalue weighted by Gasteiger charge is -2.14. The normalized spacial score (nSPS) is 20.8. The maximum Gasteiger partial charge on any atom is 0.319 e. The predicted octanol–water partition coefficient (Wildman–Crippen LogP) is 2.41. The van der Waals surface area contributed by atoms with Crippen molar-refractivity contribution >= 4 is 23.3 Å². The zero-order chi connectivity index (χ0) is 14.5. The molecule has 0 aromatic heterocycles. The molecule has 2 rings (SSSR count). The van der Waals surface area contributed by atoms with Crippen LogP contribution in [0.15, 0.2) is 30.4 Å². The topological polar surface area (TPSA) is 70.6 Å². The summed E-state index contributed by atoms with van der Waals surface area (Å²) in [6, 6.07) is 4.67. The lowest BCUT2D eigenvalue weighted by atomic mass is 10.1. The van der Waals surface area contributed by atoms with Gasteiger partial charge >= 0.3 is 6.03 Å². The van der Waals surface area contributed by atoms with Crippen LogP contribution in [0.3, 0.4) is 0 Å². The highest BCUT2D eigenvalue weighted by Gasteiger charge is 2.19. The number of aliphatic hydroxyl groups excluding tert-OH is 1. The second-order valence-corrected chi connectivity index (χ2v) is 5.02. The van der Waals surface area contributed by atoms with Crippen molar-refractivity contribution in [1.29, 1.82) is 0 Å². The van der Waals surface area contributed by atoms with Gasteiger partial charge in [0.1, 0.15) is 5.75 Å². The summed E-state index contributed by atoms with van der Waals surface area (Å²) in [5.41, 5.74) is 0.592. The molecule has 0 fully saturated rings. The first kappa shape index (κ1) is 14.7. The summed E-state index contributed by atoms with van der Waals surface area (Å²) < 4.78 is 5.04. The van der Waals surface area contributed by atoms with Crippen LogP contribution in [0, 0.1) is 5.92 Å². The summed E-state index contributed by atoms with van der Waals surface area (Å²) in [6.45, 7) is 0.102. The van der Waals surface area contributed by atoms with Gasteiger partial charge in [-0.25, -0.2) is 4.79 Å². The number of amides is 2. The molecule has 0 aliphatic heterocycles. The standard InChI is InChI=1S/C14H17ClN2O3/c1-20-13-5-4-11(7-12(13)15)17-14(19)16-10-3-2-9(6-10)8-18/h2-5,7,9-10,18H,6,8H2,1H3,(H2,16,17,19)/t9-,10+/m0/s1. The summed E-state index contributed by atoms with van der Waals surface area (Å²) in [5.74, 6) is 0.679. The lowest BCUT2D eigenvalue weighted by molar-refractivity contribution is 0.238. The van der Waals surface area contributed by atoms with Gasteiger partial charge in [0.25, 0.3) is 0 Å². The number of hydrogen-bond acceptors (Lipinski definition) is 3. The van der Waals surface area contributed by atoms with Crippen LogP contribution >= 0.6 is 11.6 Å². The lowest BCUT2D eigenvalue weighted by Crippen LogP contribution is -2.36. The fourth-order valence-electron chi connectivity index (χ4n) is 2.10. The zero-order valence-electron chi connectivity index (χ0n) is 11.1. The molecule has 0 radical (unpaired) electrons. The monoisotopic (exact) mass is 296 g/mol. The van der Waals surface area contributed by atoms with E-state index in [4.69, 9.17) is 21.4 Å². The smallest absolute Gasteiger partial charge is 0.319 e. The molecule has 0 heterocycles. The molecule has 1 aliphatic rings. The van der Waals surface area contributed by atoms with Crippen molar-refractivity contribution in [3.63, 3.8) is 0 Å². The highest BCUT2D eigenvalue weighted by Crippen LogP contribution is 2.27. The van der Waals surface area contributed by atoms with Gasteiger partial charge in [-0.2, -0.15) is 0 Å². The van der Waals surface area contributed by atoms with Crippen LogP contribution in [0.1, 0.15) is 6.42 Å². The van der Waals surface area contributed by atoms with Crippen molar-refractivity contribution in [3.8, 4) is 5.75 Å². The molecule has 0 spiro atoms. The molecule has 1 aromatic rings. The third-order valence-electron chi connectivity index (χ3n) is 3.13. The van der Waals surface area contributed by atoms with Gasteiger partial charge in [0.05, 0.1) is 12.1 Å². The van der Waals surface area contributed by atoms with E-state index < -0.39 is 0 Å². The highest BCUT2D eigenvalue weighted by molar-refractivity contribution is 6.32. The Hall–Kier alpha value is -1.72. The van der Waals surface area contributed by atoms with Gasteiger partial charge in [-0.3, -0.25) is 0 Å². The van der Waals surface area contributed by atoms with Crippen LogP contribution in [-0.4, -0.2) is 30.9 Å². The van der Waals surface area contributed by atoms with Gasteiger partial charge in [0.2, 0.25) is 0 Å². The van der Waals surface area contributed by atoms with E-state index in [9.17, 15) is 4.79 Å². The van der Waals surface area contributed by atoms with Crippen LogP contribution < -0.4 is 15.4 Å². The Bertz CT molecular complexity index is 519. The molecule has 2 atom stereocenters. The first-order valence-corrected chi connectivity index (χ1v) is 6.70. The van der Waals surface area contributed by atoms with E-state index in [0.29, 0.717) is 22.9 Å². The summed E-state index contributed by atoms with van der Waals surface area (Å²) in [6.07, 6.45) is 4.52. The predicted molar refractivity (Wildman–Crippen MR) is 78.3 cm³/mol. The van der Waals surface area contributed by atoms with Crippen molar-refractivity contribution in [2.45, 2.75) is 12.5 Å². The number of rotatable bonds is 4. The van der Waals surface area contributed by atoms with Gasteiger partial charge in [0, 0.05) is 24.3 Å². The van der Waals surface area contributed by atoms with E-state index >= 15 is 0 Å². The van der Waals surface area contributed by atoms with Crippen LogP contribution in [0.2, 0.25) is 5.02 Å². The zero-order valence-corrected chi connectivity index (χ0v) is 11.9. The molecule has 0 unspecified atom stereocenters. The number of carbonyl (C=O) groups is 1. The molecule has 6 heteroatoms. The number of ether oxygens (including phenoxy) is 1. The maximum absolute atomic E-state index is 11.8. The first-order chi connectivity index (χ1) is 9.62. The Kier molecular flexibility index (Phi) is 4.87. The maximum atomic E-state index is 11.8. The van der Waals surface area contributed by atoms with Crippen molar-refractivity contribution in [1.82, 2.24) is 5.32 Å². The Balaban J connectivity index is 1.89. The van der Waals surface area contributed by atoms with Gasteiger partial charge < -0.3 is 20.5 Å². The van der Waals surface area contributed by atoms with Crippen LogP contribution in [0.5, 0.6) is 5.75 Å². The quantitative estimate of drug-likeness (QED) is 0.747. The van der Waals surface area contributed by atoms with Crippen LogP contribution in [-0.2, 0) is 0 Å². The molecule has 108 valence electrons. The van der Waals surface area contributed by atoms with Crippen molar-refractivity contribution in [2.75, 3.05) is 19.0 Å². The largest absolute Gasteiger partial charge is 0.495 e. The first-order valence-electron chi connectivity index (χ1n) is 6.32. The van der Waals surface area contributed by atoms with Crippen molar-refractivity contribution < 1.29 is 14.6 Å². The van der Waals surface area contributed by atoms with Gasteiger partial charge in [-0.15, -0.1) is 0 Å². The van der Waals surface area contributed by atoms with Crippen LogP contribution in [0.25, 0.3) is 0 Å². The molecule has 0 bridgehead atoms. The fourth-order valence-corrected chi connectivity index (χ4v) is 2.35. The van der Waals surface area contributed by atoms with Gasteiger partial charge in [0.15, 0.2) is 0 Å². The molecule has 3 N–H and O–H groups in total. The molecular weight excluding hydrogens is 280 g/mol. The minimum absolute atomic E-state index is 0.0547. The summed E-state index contributed by atoms with van der Waals surface area (Å²) in [5, 5.41) is 15.0. The minimum Gasteiger partial charge on any atom is -0.495 e. The number of urea groups is 1. The number of methoxy groups -OCH3 is 1. The molecular formula is C14H17ClN2O3. The van der Waals surface area contributed by atoms with Gasteiger partial charge in [-0.1, -0.05) is 23.8 Å². The third kappa shape index (κ3) is 3.65. The number of hydrogen-bond donors (Lipinski definition) is 3. The van der Waals surface area contributed by atoms with Crippen LogP contribution in [0.4, 0.5) is 10.5 Å². The molecule has 0 saturated heterocycles. The number of benzene rings is 1. The van der Waals surface area contributed by atoms with E-state index in [1.165, 1.54) is 7.11 Å². The second kappa shape index (κ2) is 6.63. The minimum atomic E-state index is -0.306. The molecule has 1 aromatic carbocycles. The Morgan fingerprint density at radius 2 is 2.30 bits per heavy atom. The third-order valence-corrected chi connectivity index (χ3v) is 3.43. The summed E-state index contributed by atoms with van der Waals surface area (Å²) >= 11 is 5.99. The van der Waals surface area contributed by atoms with Gasteiger partial charge in [-0.05, 0) is 24.6 Å². The molecule has 1 aliphatic carbocycles. The van der Waals surface area contributed by atoms with Crippen molar-refractivity contribution in [2.24, 2.45) is 5.92 Å². The number of nitrogens with one attached hydrogen (secondary N) is 2. The number of halogens is 1. The molecule has 0 saturated carbocycles. The van der Waals surface area contributed by atoms with E-state index in [1.807, 2.05) is 12.2 Å². The highest BCUT2D eigenvalue weighted by atomic mass is 35.5. The van der Waals surface area contributed by atoms with E-state index in [1.54, 1.807) is 18.2 Å². The Labute approximate surface area is 122 Å². The van der Waals surface area contributed by atoms with E-state index in [0.717, 1.165) is 0 Å².